The lowest BCUT2D eigenvalue weighted by Gasteiger charge is -2.48. The van der Waals surface area contributed by atoms with Gasteiger partial charge in [-0.25, -0.2) is 0 Å². The zero-order valence-corrected chi connectivity index (χ0v) is 18.9. The fraction of sp³-hybridized carbons (Fsp3) is 0.280. The molecule has 168 valence electrons. The molecule has 2 saturated heterocycles. The molecule has 3 aliphatic rings. The molecule has 0 spiro atoms. The van der Waals surface area contributed by atoms with Gasteiger partial charge in [-0.3, -0.25) is 14.5 Å². The number of rotatable bonds is 3. The van der Waals surface area contributed by atoms with Crippen LogP contribution in [0.25, 0.3) is 0 Å². The van der Waals surface area contributed by atoms with Crippen LogP contribution in [0.3, 0.4) is 0 Å². The highest BCUT2D eigenvalue weighted by Crippen LogP contribution is 2.48. The van der Waals surface area contributed by atoms with E-state index in [-0.39, 0.29) is 11.8 Å². The summed E-state index contributed by atoms with van der Waals surface area (Å²) in [4.78, 5) is 36.9. The van der Waals surface area contributed by atoms with Gasteiger partial charge in [-0.15, -0.1) is 0 Å². The van der Waals surface area contributed by atoms with Crippen molar-refractivity contribution in [1.82, 2.24) is 19.7 Å². The van der Waals surface area contributed by atoms with Crippen LogP contribution in [-0.2, 0) is 0 Å². The lowest BCUT2D eigenvalue weighted by atomic mass is 10.0. The summed E-state index contributed by atoms with van der Waals surface area (Å²) in [6.07, 6.45) is 1.77. The number of amides is 2. The van der Waals surface area contributed by atoms with E-state index in [9.17, 15) is 9.59 Å². The number of nitrogens with zero attached hydrogens (tertiary/aromatic N) is 3. The van der Waals surface area contributed by atoms with Crippen LogP contribution >= 0.6 is 11.8 Å². The smallest absolute Gasteiger partial charge is 0.270 e. The predicted molar refractivity (Wildman–Crippen MR) is 125 cm³/mol. The van der Waals surface area contributed by atoms with Crippen molar-refractivity contribution in [2.75, 3.05) is 39.3 Å². The number of H-pyrrole nitrogens is 1. The van der Waals surface area contributed by atoms with Crippen molar-refractivity contribution >= 4 is 23.6 Å². The fourth-order valence-corrected chi connectivity index (χ4v) is 5.72. The van der Waals surface area contributed by atoms with E-state index >= 15 is 0 Å². The molecule has 6 rings (SSSR count). The molecule has 7 nitrogen and oxygen atoms in total. The van der Waals surface area contributed by atoms with Crippen LogP contribution in [0.15, 0.2) is 70.6 Å². The van der Waals surface area contributed by atoms with Crippen molar-refractivity contribution in [3.8, 4) is 11.5 Å². The van der Waals surface area contributed by atoms with Gasteiger partial charge in [0.1, 0.15) is 17.2 Å². The number of likely N-dealkylation sites (tertiary alicyclic amines) is 1. The van der Waals surface area contributed by atoms with Crippen molar-refractivity contribution < 1.29 is 14.3 Å². The Morgan fingerprint density at radius 2 is 1.64 bits per heavy atom. The van der Waals surface area contributed by atoms with Crippen LogP contribution < -0.4 is 4.74 Å². The number of fused-ring (bicyclic) bond motifs is 2. The van der Waals surface area contributed by atoms with Crippen molar-refractivity contribution in [3.05, 3.63) is 72.1 Å². The Balaban J connectivity index is 1.07. The van der Waals surface area contributed by atoms with Crippen LogP contribution in [0.5, 0.6) is 11.5 Å². The van der Waals surface area contributed by atoms with E-state index in [1.165, 1.54) is 0 Å². The number of ether oxygens (including phenoxy) is 1. The molecule has 0 unspecified atom stereocenters. The maximum absolute atomic E-state index is 13.3. The highest BCUT2D eigenvalue weighted by atomic mass is 32.2. The first-order valence-electron chi connectivity index (χ1n) is 11.2. The molecule has 33 heavy (non-hydrogen) atoms. The Labute approximate surface area is 196 Å². The van der Waals surface area contributed by atoms with Gasteiger partial charge in [-0.05, 0) is 36.4 Å². The normalized spacial score (nSPS) is 18.2. The average Bonchev–Trinajstić information content (AvgIpc) is 3.36. The SMILES string of the molecule is O=C(c1ccc[nH]1)N1CCN(C2CN(C(=O)c3cccc4c3Sc3ccccc3O4)C2)CC1. The van der Waals surface area contributed by atoms with E-state index in [0.29, 0.717) is 30.4 Å². The Kier molecular flexibility index (Phi) is 5.11. The molecular weight excluding hydrogens is 436 g/mol. The lowest BCUT2D eigenvalue weighted by molar-refractivity contribution is 0.00823. The van der Waals surface area contributed by atoms with Gasteiger partial charge >= 0.3 is 0 Å². The number of carbonyl (C=O) groups excluding carboxylic acids is 2. The molecule has 2 amide bonds. The Bertz CT molecular complexity index is 1200. The number of aromatic amines is 1. The Hall–Kier alpha value is -3.23. The number of hydrogen-bond donors (Lipinski definition) is 1. The number of para-hydroxylation sites is 1. The van der Waals surface area contributed by atoms with Crippen LogP contribution in [0.4, 0.5) is 0 Å². The third-order valence-electron chi connectivity index (χ3n) is 6.59. The van der Waals surface area contributed by atoms with E-state index in [0.717, 1.165) is 47.5 Å². The highest BCUT2D eigenvalue weighted by molar-refractivity contribution is 7.99. The van der Waals surface area contributed by atoms with E-state index in [1.54, 1.807) is 18.0 Å². The maximum Gasteiger partial charge on any atom is 0.270 e. The van der Waals surface area contributed by atoms with Crippen molar-refractivity contribution in [2.24, 2.45) is 0 Å². The second-order valence-electron chi connectivity index (χ2n) is 8.56. The van der Waals surface area contributed by atoms with E-state index in [4.69, 9.17) is 4.74 Å². The minimum Gasteiger partial charge on any atom is -0.455 e. The summed E-state index contributed by atoms with van der Waals surface area (Å²) >= 11 is 1.60. The van der Waals surface area contributed by atoms with Crippen molar-refractivity contribution in [2.45, 2.75) is 15.8 Å². The molecule has 0 saturated carbocycles. The van der Waals surface area contributed by atoms with Gasteiger partial charge in [-0.2, -0.15) is 0 Å². The number of benzene rings is 2. The second kappa shape index (κ2) is 8.28. The van der Waals surface area contributed by atoms with E-state index in [1.807, 2.05) is 64.4 Å². The molecular formula is C25H24N4O3S. The number of nitrogens with one attached hydrogen (secondary N) is 1. The van der Waals surface area contributed by atoms with Gasteiger partial charge in [-0.1, -0.05) is 30.0 Å². The number of aromatic nitrogens is 1. The summed E-state index contributed by atoms with van der Waals surface area (Å²) in [5.74, 6) is 1.68. The standard InChI is InChI=1S/C25H24N4O3S/c30-24(18-5-3-8-21-23(18)33-22-9-2-1-7-20(22)32-21)29-15-17(16-29)27-11-13-28(14-12-27)25(31)19-6-4-10-26-19/h1-10,17,26H,11-16H2. The molecule has 0 atom stereocenters. The van der Waals surface area contributed by atoms with Crippen LogP contribution in [-0.4, -0.2) is 76.8 Å². The number of hydrogen-bond acceptors (Lipinski definition) is 5. The van der Waals surface area contributed by atoms with E-state index < -0.39 is 0 Å². The minimum atomic E-state index is 0.0548. The van der Waals surface area contributed by atoms with Crippen LogP contribution in [0, 0.1) is 0 Å². The fourth-order valence-electron chi connectivity index (χ4n) is 4.66. The van der Waals surface area contributed by atoms with Gasteiger partial charge in [0.25, 0.3) is 11.8 Å². The van der Waals surface area contributed by atoms with Crippen LogP contribution in [0.2, 0.25) is 0 Å². The first kappa shape index (κ1) is 20.4. The van der Waals surface area contributed by atoms with Crippen molar-refractivity contribution in [3.63, 3.8) is 0 Å². The van der Waals surface area contributed by atoms with Gasteiger partial charge in [0.05, 0.1) is 15.4 Å². The first-order valence-corrected chi connectivity index (χ1v) is 12.0. The molecule has 0 aliphatic carbocycles. The molecule has 4 heterocycles. The third kappa shape index (κ3) is 3.69. The molecule has 3 aliphatic heterocycles. The summed E-state index contributed by atoms with van der Waals surface area (Å²) in [5, 5.41) is 0. The molecule has 1 N–H and O–H groups in total. The topological polar surface area (TPSA) is 68.9 Å². The monoisotopic (exact) mass is 460 g/mol. The van der Waals surface area contributed by atoms with Gasteiger partial charge in [0.15, 0.2) is 0 Å². The summed E-state index contributed by atoms with van der Waals surface area (Å²) in [7, 11) is 0. The maximum atomic E-state index is 13.3. The van der Waals surface area contributed by atoms with Crippen molar-refractivity contribution in [1.29, 1.82) is 0 Å². The van der Waals surface area contributed by atoms with E-state index in [2.05, 4.69) is 9.88 Å². The van der Waals surface area contributed by atoms with Gasteiger partial charge < -0.3 is 19.5 Å². The van der Waals surface area contributed by atoms with Crippen LogP contribution in [0.1, 0.15) is 20.8 Å². The number of carbonyl (C=O) groups is 2. The minimum absolute atomic E-state index is 0.0548. The summed E-state index contributed by atoms with van der Waals surface area (Å²) in [5.41, 5.74) is 1.34. The first-order chi connectivity index (χ1) is 16.2. The largest absolute Gasteiger partial charge is 0.455 e. The molecule has 2 fully saturated rings. The lowest BCUT2D eigenvalue weighted by Crippen LogP contribution is -2.64. The van der Waals surface area contributed by atoms with Gasteiger partial charge in [0, 0.05) is 51.5 Å². The third-order valence-corrected chi connectivity index (χ3v) is 7.77. The predicted octanol–water partition coefficient (Wildman–Crippen LogP) is 3.55. The Morgan fingerprint density at radius 1 is 0.848 bits per heavy atom. The highest BCUT2D eigenvalue weighted by Gasteiger charge is 2.38. The molecule has 2 aromatic carbocycles. The molecule has 8 heteroatoms. The molecule has 3 aromatic rings. The summed E-state index contributed by atoms with van der Waals surface area (Å²) in [6, 6.07) is 17.6. The average molecular weight is 461 g/mol. The summed E-state index contributed by atoms with van der Waals surface area (Å²) < 4.78 is 6.04. The second-order valence-corrected chi connectivity index (χ2v) is 9.61. The Morgan fingerprint density at radius 3 is 2.42 bits per heavy atom. The van der Waals surface area contributed by atoms with Gasteiger partial charge in [0.2, 0.25) is 0 Å². The molecule has 0 bridgehead atoms. The zero-order valence-electron chi connectivity index (χ0n) is 18.1. The quantitative estimate of drug-likeness (QED) is 0.506. The summed E-state index contributed by atoms with van der Waals surface area (Å²) in [6.45, 7) is 4.52. The number of piperazine rings is 1. The zero-order chi connectivity index (χ0) is 22.4. The molecule has 0 radical (unpaired) electrons. The molecule has 1 aromatic heterocycles.